The Kier molecular flexibility index (Phi) is 16.1. The molecule has 0 amide bonds. The fourth-order valence-corrected chi connectivity index (χ4v) is 9.29. The number of aromatic amines is 4. The lowest BCUT2D eigenvalue weighted by Crippen LogP contribution is -2.27. The van der Waals surface area contributed by atoms with Crippen molar-refractivity contribution >= 4 is 114 Å². The third-order valence-corrected chi connectivity index (χ3v) is 14.1. The summed E-state index contributed by atoms with van der Waals surface area (Å²) < 4.78 is 172. The Morgan fingerprint density at radius 1 is 0.494 bits per heavy atom. The molecule has 0 aliphatic rings. The number of phenolic OH excluding ortho intramolecular Hbond substituents is 1. The smallest absolute Gasteiger partial charge is 0.338 e. The molecule has 1 unspecified atom stereocenters. The Morgan fingerprint density at radius 3 is 1.52 bits per heavy atom. The largest absolute Gasteiger partial charge is 0.504 e. The van der Waals surface area contributed by atoms with Gasteiger partial charge in [-0.2, -0.15) is 67.4 Å². The summed E-state index contributed by atoms with van der Waals surface area (Å²) in [4.78, 5) is 40.4. The molecule has 11 N–H and O–H groups in total. The predicted molar refractivity (Wildman–Crippen MR) is 258 cm³/mol. The lowest BCUT2D eigenvalue weighted by molar-refractivity contribution is 0.0697. The molecular weight excluding hydrogens is 1170 g/mol. The second-order valence-corrected chi connectivity index (χ2v) is 22.5. The minimum Gasteiger partial charge on any atom is -0.504 e. The number of carbonyl (C=O) groups is 1. The number of phenols is 1. The van der Waals surface area contributed by atoms with Gasteiger partial charge >= 0.3 is 5.97 Å². The molecule has 39 heteroatoms. The van der Waals surface area contributed by atoms with Crippen LogP contribution in [0.4, 0.5) is 34.1 Å². The van der Waals surface area contributed by atoms with Crippen molar-refractivity contribution in [3.05, 3.63) is 141 Å². The molecule has 7 rings (SSSR count). The van der Waals surface area contributed by atoms with Crippen molar-refractivity contribution in [3.63, 3.8) is 0 Å². The van der Waals surface area contributed by atoms with Crippen molar-refractivity contribution in [2.24, 2.45) is 40.4 Å². The van der Waals surface area contributed by atoms with Gasteiger partial charge in [-0.1, -0.05) is 36.4 Å². The monoisotopic (exact) mass is 1200 g/mol. The topological polar surface area (TPSA) is 517 Å². The van der Waals surface area contributed by atoms with Gasteiger partial charge in [-0.15, -0.1) is 5.11 Å². The first-order chi connectivity index (χ1) is 35.8. The molecule has 402 valence electrons. The molecule has 0 saturated carbocycles. The highest BCUT2D eigenvalue weighted by molar-refractivity contribution is 7.87. The van der Waals surface area contributed by atoms with Gasteiger partial charge in [0.15, 0.2) is 5.75 Å². The molecule has 0 spiro atoms. The lowest BCUT2D eigenvalue weighted by atomic mass is 10.2. The molecule has 1 atom stereocenters. The zero-order valence-electron chi connectivity index (χ0n) is 37.2. The molecule has 2 heterocycles. The number of nitrogens with one attached hydrogen (secondary N) is 4. The van der Waals surface area contributed by atoms with E-state index in [1.807, 2.05) is 0 Å². The zero-order chi connectivity index (χ0) is 56.4. The molecule has 7 aromatic rings. The second-order valence-electron chi connectivity index (χ2n) is 14.8. The van der Waals surface area contributed by atoms with E-state index in [0.29, 0.717) is 30.3 Å². The van der Waals surface area contributed by atoms with Crippen LogP contribution in [-0.2, 0) is 50.6 Å². The maximum atomic E-state index is 12.8. The Hall–Kier alpha value is -8.08. The van der Waals surface area contributed by atoms with Crippen LogP contribution in [0.5, 0.6) is 5.75 Å². The van der Waals surface area contributed by atoms with E-state index in [1.54, 1.807) is 6.07 Å². The summed E-state index contributed by atoms with van der Waals surface area (Å²) >= 11 is 12.2. The van der Waals surface area contributed by atoms with E-state index in [-0.39, 0.29) is 11.3 Å². The van der Waals surface area contributed by atoms with Crippen molar-refractivity contribution in [1.29, 1.82) is 0 Å². The average Bonchev–Trinajstić information content (AvgIpc) is 3.32. The summed E-state index contributed by atoms with van der Waals surface area (Å²) in [5.74, 6) is -2.65. The van der Waals surface area contributed by atoms with Gasteiger partial charge in [0, 0.05) is 5.56 Å². The Balaban J connectivity index is 1.34. The number of rotatable bonds is 15. The first kappa shape index (κ1) is 56.6. The molecule has 77 heavy (non-hydrogen) atoms. The third-order valence-electron chi connectivity index (χ3n) is 9.43. The number of carboxylic acids is 1. The minimum atomic E-state index is -5.44. The number of aromatic hydroxyl groups is 1. The van der Waals surface area contributed by atoms with Gasteiger partial charge in [0.25, 0.3) is 50.6 Å². The number of benzene rings is 5. The van der Waals surface area contributed by atoms with E-state index in [4.69, 9.17) is 23.2 Å². The van der Waals surface area contributed by atoms with Crippen LogP contribution in [0.3, 0.4) is 0 Å². The van der Waals surface area contributed by atoms with Crippen LogP contribution in [0.15, 0.2) is 162 Å². The molecular formula is C38H28Cl2N14O18S5. The molecule has 0 saturated heterocycles. The van der Waals surface area contributed by atoms with E-state index in [0.717, 1.165) is 24.3 Å². The molecule has 5 aromatic carbocycles. The highest BCUT2D eigenvalue weighted by atomic mass is 35.5. The van der Waals surface area contributed by atoms with Gasteiger partial charge < -0.3 is 20.2 Å². The third kappa shape index (κ3) is 14.4. The maximum absolute atomic E-state index is 12.8. The lowest BCUT2D eigenvalue weighted by Gasteiger charge is -2.09. The summed E-state index contributed by atoms with van der Waals surface area (Å²) in [6.45, 7) is 0. The van der Waals surface area contributed by atoms with Crippen LogP contribution in [0, 0.1) is 0 Å². The SMILES string of the molecule is O=C(O)c1cc(S(=O)(=O)O)ccc1N=NC(N=Nc1cc(S(=O)(=O)O)cc(N=c2[nH]c(Cl)nc(=Nc3cc(S(=O)(=O)O)c(N=c4[nH]c(Cl)nc(=Nc5cccc(S(=O)(=O)O)c5)[nH]4)cc3S(=O)(=O)O)[nH]2)c1O)c1ccccc1. The van der Waals surface area contributed by atoms with Gasteiger partial charge in [-0.05, 0) is 83.9 Å². The second kappa shape index (κ2) is 21.9. The highest BCUT2D eigenvalue weighted by Gasteiger charge is 2.25. The van der Waals surface area contributed by atoms with E-state index in [1.165, 1.54) is 36.4 Å². The number of hydrogen-bond acceptors (Lipinski definition) is 22. The Bertz CT molecular complexity index is 4530. The van der Waals surface area contributed by atoms with Crippen molar-refractivity contribution in [2.45, 2.75) is 30.6 Å². The van der Waals surface area contributed by atoms with Crippen LogP contribution in [0.1, 0.15) is 22.1 Å². The predicted octanol–water partition coefficient (Wildman–Crippen LogP) is 4.23. The van der Waals surface area contributed by atoms with Crippen molar-refractivity contribution in [2.75, 3.05) is 0 Å². The highest BCUT2D eigenvalue weighted by Crippen LogP contribution is 2.40. The fraction of sp³-hybridized carbons (Fsp3) is 0.0263. The Labute approximate surface area is 439 Å². The standard InChI is InChI=1S/C38H28Cl2N14O18S5/c39-33-45-35(41-18-7-4-8-19(11-18)73(58,59)60)49-36(46-33)42-24-15-29(77(70,71)72)25(16-28(24)76(67,68)69)43-37-47-34(40)48-38(50-37)44-26-13-21(75(64,65)66)14-27(30(26)55)52-54-31(17-5-2-1-3-6-17)53-51-23-10-9-20(74(61,62)63)12-22(23)32(56)57/h1-16,31,55H,(H,56,57)(H,58,59,60)(H,61,62,63)(H,64,65,66)(H,67,68,69)(H,70,71,72)(H2,41,42,45,46,49)(H2,43,44,47,48,50). The summed E-state index contributed by atoms with van der Waals surface area (Å²) in [5, 5.41) is 35.6. The number of aromatic nitrogens is 6. The van der Waals surface area contributed by atoms with Crippen LogP contribution < -0.4 is 22.5 Å². The van der Waals surface area contributed by atoms with E-state index < -0.39 is 160 Å². The summed E-state index contributed by atoms with van der Waals surface area (Å²) in [7, 11) is -25.5. The minimum absolute atomic E-state index is 0.116. The number of H-pyrrole nitrogens is 4. The number of hydrogen-bond donors (Lipinski definition) is 11. The van der Waals surface area contributed by atoms with Gasteiger partial charge in [0.2, 0.25) is 39.2 Å². The first-order valence-electron chi connectivity index (χ1n) is 20.0. The summed E-state index contributed by atoms with van der Waals surface area (Å²) in [6, 6.07) is 16.5. The molecule has 0 aliphatic heterocycles. The fourth-order valence-electron chi connectivity index (χ4n) is 6.14. The van der Waals surface area contributed by atoms with Crippen molar-refractivity contribution in [1.82, 2.24) is 29.9 Å². The number of halogens is 2. The molecule has 0 radical (unpaired) electrons. The quantitative estimate of drug-likeness (QED) is 0.0505. The average molecular weight is 1200 g/mol. The zero-order valence-corrected chi connectivity index (χ0v) is 42.8. The molecule has 0 aliphatic carbocycles. The first-order valence-corrected chi connectivity index (χ1v) is 28.0. The Morgan fingerprint density at radius 2 is 0.987 bits per heavy atom. The molecule has 0 fully saturated rings. The van der Waals surface area contributed by atoms with E-state index >= 15 is 0 Å². The summed E-state index contributed by atoms with van der Waals surface area (Å²) in [5.41, 5.74) is -6.81. The van der Waals surface area contributed by atoms with Crippen LogP contribution in [0.25, 0.3) is 0 Å². The number of azo groups is 2. The van der Waals surface area contributed by atoms with Crippen molar-refractivity contribution < 1.29 is 79.9 Å². The van der Waals surface area contributed by atoms with Crippen LogP contribution >= 0.6 is 23.2 Å². The van der Waals surface area contributed by atoms with Crippen molar-refractivity contribution in [3.8, 4) is 5.75 Å². The number of nitrogens with zero attached hydrogens (tertiary/aromatic N) is 10. The number of carboxylic acid groups (broad SMARTS) is 1. The molecule has 0 bridgehead atoms. The normalized spacial score (nSPS) is 14.2. The van der Waals surface area contributed by atoms with Gasteiger partial charge in [0.05, 0.1) is 43.0 Å². The van der Waals surface area contributed by atoms with Crippen LogP contribution in [0.2, 0.25) is 10.6 Å². The van der Waals surface area contributed by atoms with E-state index in [9.17, 15) is 79.9 Å². The number of aromatic carboxylic acids is 1. The van der Waals surface area contributed by atoms with Gasteiger partial charge in [-0.3, -0.25) is 32.7 Å². The summed E-state index contributed by atoms with van der Waals surface area (Å²) in [6.07, 6.45) is -1.52. The molecule has 32 nitrogen and oxygen atoms in total. The molecule has 2 aromatic heterocycles. The van der Waals surface area contributed by atoms with E-state index in [2.05, 4.69) is 70.3 Å². The maximum Gasteiger partial charge on any atom is 0.338 e. The van der Waals surface area contributed by atoms with Crippen LogP contribution in [-0.4, -0.2) is 111 Å². The van der Waals surface area contributed by atoms with Gasteiger partial charge in [-0.25, -0.2) is 24.8 Å². The van der Waals surface area contributed by atoms with Gasteiger partial charge in [0.1, 0.15) is 21.2 Å².